The summed E-state index contributed by atoms with van der Waals surface area (Å²) in [6, 6.07) is 6.27. The Morgan fingerprint density at radius 3 is 3.00 bits per heavy atom. The van der Waals surface area contributed by atoms with Gasteiger partial charge in [0.1, 0.15) is 11.6 Å². The Bertz CT molecular complexity index is 793. The molecule has 1 unspecified atom stereocenters. The molecule has 1 atom stereocenters. The fourth-order valence-electron chi connectivity index (χ4n) is 3.05. The fraction of sp³-hybridized carbons (Fsp3) is 0.471. The number of aryl methyl sites for hydroxylation is 2. The van der Waals surface area contributed by atoms with Crippen molar-refractivity contribution < 1.29 is 9.90 Å². The van der Waals surface area contributed by atoms with Crippen molar-refractivity contribution in [2.24, 2.45) is 0 Å². The molecule has 128 valence electrons. The topological polar surface area (TPSA) is 89.2 Å². The number of aromatic hydroxyl groups is 1. The van der Waals surface area contributed by atoms with Crippen molar-refractivity contribution in [1.82, 2.24) is 19.7 Å². The Kier molecular flexibility index (Phi) is 4.69. The van der Waals surface area contributed by atoms with Crippen molar-refractivity contribution in [3.05, 3.63) is 46.1 Å². The molecule has 0 saturated heterocycles. The lowest BCUT2D eigenvalue weighted by molar-refractivity contribution is 0.0932. The van der Waals surface area contributed by atoms with E-state index in [1.165, 1.54) is 16.8 Å². The number of nitrogens with one attached hydrogen (secondary N) is 1. The van der Waals surface area contributed by atoms with E-state index in [2.05, 4.69) is 10.4 Å². The summed E-state index contributed by atoms with van der Waals surface area (Å²) >= 11 is 0. The highest BCUT2D eigenvalue weighted by molar-refractivity contribution is 5.94. The van der Waals surface area contributed by atoms with Crippen LogP contribution in [-0.4, -0.2) is 31.4 Å². The van der Waals surface area contributed by atoms with Crippen LogP contribution in [0.15, 0.2) is 29.1 Å². The molecular weight excluding hydrogens is 308 g/mol. The highest BCUT2D eigenvalue weighted by Gasteiger charge is 2.22. The normalized spacial score (nSPS) is 17.1. The molecule has 1 aromatic heterocycles. The third kappa shape index (κ3) is 3.34. The first-order chi connectivity index (χ1) is 11.6. The van der Waals surface area contributed by atoms with E-state index in [0.717, 1.165) is 18.7 Å². The van der Waals surface area contributed by atoms with E-state index in [-0.39, 0.29) is 23.4 Å². The van der Waals surface area contributed by atoms with Crippen molar-refractivity contribution in [1.29, 1.82) is 0 Å². The molecule has 1 aliphatic heterocycles. The first-order valence-electron chi connectivity index (χ1n) is 8.35. The Morgan fingerprint density at radius 1 is 1.42 bits per heavy atom. The molecule has 2 heterocycles. The maximum absolute atomic E-state index is 12.3. The van der Waals surface area contributed by atoms with Gasteiger partial charge in [0.2, 0.25) is 0 Å². The number of carbonyl (C=O) groups is 1. The van der Waals surface area contributed by atoms with E-state index in [9.17, 15) is 14.7 Å². The molecule has 7 heteroatoms. The summed E-state index contributed by atoms with van der Waals surface area (Å²) in [6.07, 6.45) is 2.97. The maximum atomic E-state index is 12.3. The summed E-state index contributed by atoms with van der Waals surface area (Å²) in [5.41, 5.74) is 0.370. The van der Waals surface area contributed by atoms with Gasteiger partial charge in [-0.1, -0.05) is 13.0 Å². The average Bonchev–Trinajstić information content (AvgIpc) is 2.73. The molecule has 1 aliphatic rings. The molecule has 1 amide bonds. The number of benzene rings is 1. The number of phenolic OH excluding ortho intramolecular Hbond substituents is 1. The summed E-state index contributed by atoms with van der Waals surface area (Å²) in [5.74, 6) is 0.654. The van der Waals surface area contributed by atoms with Crippen LogP contribution in [0.4, 0.5) is 0 Å². The van der Waals surface area contributed by atoms with E-state index in [1.807, 2.05) is 6.92 Å². The van der Waals surface area contributed by atoms with Crippen LogP contribution >= 0.6 is 0 Å². The Labute approximate surface area is 139 Å². The lowest BCUT2D eigenvalue weighted by atomic mass is 10.1. The van der Waals surface area contributed by atoms with Crippen LogP contribution in [0.25, 0.3) is 0 Å². The minimum Gasteiger partial charge on any atom is -0.508 e. The molecule has 0 bridgehead atoms. The zero-order chi connectivity index (χ0) is 17.1. The smallest absolute Gasteiger partial charge is 0.345 e. The van der Waals surface area contributed by atoms with Crippen molar-refractivity contribution in [2.45, 2.75) is 51.7 Å². The van der Waals surface area contributed by atoms with Crippen LogP contribution in [0.5, 0.6) is 5.75 Å². The third-order valence-electron chi connectivity index (χ3n) is 4.30. The number of aromatic nitrogens is 3. The van der Waals surface area contributed by atoms with Crippen molar-refractivity contribution in [3.63, 3.8) is 0 Å². The van der Waals surface area contributed by atoms with Crippen LogP contribution in [0.3, 0.4) is 0 Å². The summed E-state index contributed by atoms with van der Waals surface area (Å²) in [7, 11) is 0. The molecule has 7 nitrogen and oxygen atoms in total. The van der Waals surface area contributed by atoms with Gasteiger partial charge in [-0.15, -0.1) is 0 Å². The van der Waals surface area contributed by atoms with Crippen LogP contribution < -0.4 is 11.0 Å². The predicted octanol–water partition coefficient (Wildman–Crippen LogP) is 1.30. The molecule has 1 aromatic carbocycles. The molecule has 2 N–H and O–H groups in total. The lowest BCUT2D eigenvalue weighted by Gasteiger charge is -2.16. The van der Waals surface area contributed by atoms with Gasteiger partial charge in [-0.25, -0.2) is 9.48 Å². The zero-order valence-electron chi connectivity index (χ0n) is 13.7. The monoisotopic (exact) mass is 330 g/mol. The van der Waals surface area contributed by atoms with Crippen LogP contribution in [0, 0.1) is 0 Å². The predicted molar refractivity (Wildman–Crippen MR) is 89.1 cm³/mol. The number of rotatable bonds is 4. The number of phenols is 1. The SMILES string of the molecule is CCCn1nc2n(c1=O)CCC(NC(=O)c1cccc(O)c1)CC2. The Balaban J connectivity index is 1.67. The fourth-order valence-corrected chi connectivity index (χ4v) is 3.05. The second kappa shape index (κ2) is 6.90. The minimum absolute atomic E-state index is 0.0134. The molecule has 0 saturated carbocycles. The Hall–Kier alpha value is -2.57. The summed E-state index contributed by atoms with van der Waals surface area (Å²) < 4.78 is 3.25. The summed E-state index contributed by atoms with van der Waals surface area (Å²) in [5, 5.41) is 16.9. The Morgan fingerprint density at radius 2 is 2.25 bits per heavy atom. The lowest BCUT2D eigenvalue weighted by Crippen LogP contribution is -2.35. The van der Waals surface area contributed by atoms with Crippen molar-refractivity contribution in [2.75, 3.05) is 0 Å². The zero-order valence-corrected chi connectivity index (χ0v) is 13.7. The first-order valence-corrected chi connectivity index (χ1v) is 8.35. The standard InChI is InChI=1S/C17H22N4O3/c1-2-9-21-17(24)20-10-8-13(6-7-15(20)19-21)18-16(23)12-4-3-5-14(22)11-12/h3-5,11,13,22H,2,6-10H2,1H3,(H,18,23). The van der Waals surface area contributed by atoms with Gasteiger partial charge in [0.05, 0.1) is 0 Å². The van der Waals surface area contributed by atoms with E-state index in [0.29, 0.717) is 31.5 Å². The molecule has 2 aromatic rings. The molecule has 24 heavy (non-hydrogen) atoms. The second-order valence-corrected chi connectivity index (χ2v) is 6.12. The number of fused-ring (bicyclic) bond motifs is 1. The molecule has 0 radical (unpaired) electrons. The van der Waals surface area contributed by atoms with Gasteiger partial charge in [0, 0.05) is 31.1 Å². The van der Waals surface area contributed by atoms with E-state index in [4.69, 9.17) is 0 Å². The van der Waals surface area contributed by atoms with E-state index < -0.39 is 0 Å². The second-order valence-electron chi connectivity index (χ2n) is 6.12. The van der Waals surface area contributed by atoms with Crippen LogP contribution in [0.1, 0.15) is 42.4 Å². The van der Waals surface area contributed by atoms with Crippen LogP contribution in [-0.2, 0) is 19.5 Å². The first kappa shape index (κ1) is 16.3. The molecule has 0 fully saturated rings. The van der Waals surface area contributed by atoms with E-state index in [1.54, 1.807) is 16.7 Å². The van der Waals surface area contributed by atoms with E-state index >= 15 is 0 Å². The summed E-state index contributed by atoms with van der Waals surface area (Å²) in [6.45, 7) is 3.21. The number of amides is 1. The van der Waals surface area contributed by atoms with Gasteiger partial charge in [-0.2, -0.15) is 5.10 Å². The van der Waals surface area contributed by atoms with Gasteiger partial charge in [-0.05, 0) is 37.5 Å². The number of carbonyl (C=O) groups excluding carboxylic acids is 1. The van der Waals surface area contributed by atoms with Gasteiger partial charge in [-0.3, -0.25) is 9.36 Å². The number of hydrogen-bond donors (Lipinski definition) is 2. The van der Waals surface area contributed by atoms with Gasteiger partial charge in [0.25, 0.3) is 5.91 Å². The quantitative estimate of drug-likeness (QED) is 0.884. The third-order valence-corrected chi connectivity index (χ3v) is 4.30. The molecule has 3 rings (SSSR count). The average molecular weight is 330 g/mol. The number of nitrogens with zero attached hydrogens (tertiary/aromatic N) is 3. The largest absolute Gasteiger partial charge is 0.508 e. The highest BCUT2D eigenvalue weighted by Crippen LogP contribution is 2.14. The van der Waals surface area contributed by atoms with Crippen LogP contribution in [0.2, 0.25) is 0 Å². The molecule has 0 spiro atoms. The summed E-state index contributed by atoms with van der Waals surface area (Å²) in [4.78, 5) is 24.6. The van der Waals surface area contributed by atoms with Gasteiger partial charge in [0.15, 0.2) is 0 Å². The highest BCUT2D eigenvalue weighted by atomic mass is 16.3. The van der Waals surface area contributed by atoms with Gasteiger partial charge < -0.3 is 10.4 Å². The molecule has 0 aliphatic carbocycles. The van der Waals surface area contributed by atoms with Crippen molar-refractivity contribution in [3.8, 4) is 5.75 Å². The maximum Gasteiger partial charge on any atom is 0.345 e. The molecular formula is C17H22N4O3. The minimum atomic E-state index is -0.209. The van der Waals surface area contributed by atoms with Crippen molar-refractivity contribution >= 4 is 5.91 Å². The van der Waals surface area contributed by atoms with Gasteiger partial charge >= 0.3 is 5.69 Å². The number of hydrogen-bond acceptors (Lipinski definition) is 4.